The topological polar surface area (TPSA) is 97.4 Å². The van der Waals surface area contributed by atoms with Gasteiger partial charge in [-0.2, -0.15) is 5.10 Å². The van der Waals surface area contributed by atoms with Crippen molar-refractivity contribution in [3.8, 4) is 22.8 Å². The first-order chi connectivity index (χ1) is 22.5. The minimum absolute atomic E-state index is 0.302. The SMILES string of the molecule is C=CC(=C)F.CC.Nc1ncnc2c1c(-c1ccc(Oc3ccccc3)cc1)nn2C1CCN(CC2CN(CC3CNC3)C2)CC1. The zero-order valence-electron chi connectivity index (χ0n) is 27.1. The molecule has 7 rings (SSSR count). The summed E-state index contributed by atoms with van der Waals surface area (Å²) in [5, 5.41) is 9.29. The van der Waals surface area contributed by atoms with Crippen LogP contribution < -0.4 is 15.8 Å². The minimum Gasteiger partial charge on any atom is -0.457 e. The number of nitrogen functional groups attached to an aromatic ring is 1. The van der Waals surface area contributed by atoms with Gasteiger partial charge < -0.3 is 25.6 Å². The number of aromatic nitrogens is 4. The lowest BCUT2D eigenvalue weighted by Gasteiger charge is -2.45. The fourth-order valence-corrected chi connectivity index (χ4v) is 6.25. The molecule has 3 saturated heterocycles. The Morgan fingerprint density at radius 3 is 2.20 bits per heavy atom. The van der Waals surface area contributed by atoms with Gasteiger partial charge in [-0.15, -0.1) is 0 Å². The van der Waals surface area contributed by atoms with E-state index in [2.05, 4.69) is 42.9 Å². The Kier molecular flexibility index (Phi) is 11.5. The Morgan fingerprint density at radius 1 is 0.957 bits per heavy atom. The maximum Gasteiger partial charge on any atom is 0.164 e. The molecule has 0 saturated carbocycles. The number of hydrogen-bond acceptors (Lipinski definition) is 8. The van der Waals surface area contributed by atoms with Gasteiger partial charge in [0.05, 0.1) is 11.4 Å². The van der Waals surface area contributed by atoms with Crippen molar-refractivity contribution >= 4 is 16.9 Å². The van der Waals surface area contributed by atoms with E-state index in [0.29, 0.717) is 11.9 Å². The van der Waals surface area contributed by atoms with Gasteiger partial charge in [-0.3, -0.25) is 0 Å². The number of allylic oxidation sites excluding steroid dienone is 2. The summed E-state index contributed by atoms with van der Waals surface area (Å²) in [6.45, 7) is 19.6. The number of ether oxygens (including phenoxy) is 1. The van der Waals surface area contributed by atoms with Gasteiger partial charge >= 0.3 is 0 Å². The van der Waals surface area contributed by atoms with Gasteiger partial charge in [-0.05, 0) is 67.2 Å². The number of fused-ring (bicyclic) bond motifs is 1. The van der Waals surface area contributed by atoms with E-state index < -0.39 is 5.83 Å². The first kappa shape index (κ1) is 33.2. The number of hydrogen-bond donors (Lipinski definition) is 2. The van der Waals surface area contributed by atoms with Crippen LogP contribution in [0.3, 0.4) is 0 Å². The average Bonchev–Trinajstić information content (AvgIpc) is 3.44. The summed E-state index contributed by atoms with van der Waals surface area (Å²) in [5.74, 6) is 3.26. The number of rotatable bonds is 9. The molecule has 3 N–H and O–H groups in total. The third kappa shape index (κ3) is 8.17. The Labute approximate surface area is 272 Å². The molecule has 2 aromatic carbocycles. The maximum atomic E-state index is 11.1. The molecule has 0 radical (unpaired) electrons. The highest BCUT2D eigenvalue weighted by Gasteiger charge is 2.33. The van der Waals surface area contributed by atoms with Crippen molar-refractivity contribution < 1.29 is 9.13 Å². The smallest absolute Gasteiger partial charge is 0.164 e. The van der Waals surface area contributed by atoms with Crippen LogP contribution in [0.1, 0.15) is 32.7 Å². The number of anilines is 1. The van der Waals surface area contributed by atoms with E-state index in [9.17, 15) is 4.39 Å². The number of likely N-dealkylation sites (tertiary alicyclic amines) is 2. The number of nitrogens with one attached hydrogen (secondary N) is 1. The highest BCUT2D eigenvalue weighted by molar-refractivity contribution is 5.98. The molecular weight excluding hydrogens is 579 g/mol. The number of nitrogens with two attached hydrogens (primary N) is 1. The zero-order valence-corrected chi connectivity index (χ0v) is 27.1. The average molecular weight is 627 g/mol. The summed E-state index contributed by atoms with van der Waals surface area (Å²) in [6.07, 6.45) is 4.73. The van der Waals surface area contributed by atoms with Gasteiger partial charge in [0.1, 0.15) is 35.2 Å². The standard InChI is InChI=1S/C30H36N8O.C4H5F.C2H6/c31-29-27-28(23-6-8-26(9-7-23)39-25-4-2-1-3-5-25)35-38(30(27)34-20-33-29)24-10-12-36(13-11-24)17-22-18-37(19-22)16-21-14-32-15-21;1-3-4(2)5;1-2/h1-9,20-22,24,32H,10-19H2,(H2,31,33,34);3H,1-2H2;1-2H3. The van der Waals surface area contributed by atoms with Crippen LogP contribution in [0.2, 0.25) is 0 Å². The number of nitrogens with zero attached hydrogens (tertiary/aromatic N) is 6. The van der Waals surface area contributed by atoms with Crippen LogP contribution in [0, 0.1) is 11.8 Å². The van der Waals surface area contributed by atoms with Crippen LogP contribution >= 0.6 is 0 Å². The number of para-hydroxylation sites is 1. The van der Waals surface area contributed by atoms with Crippen LogP contribution in [0.25, 0.3) is 22.3 Å². The van der Waals surface area contributed by atoms with Crippen LogP contribution in [-0.4, -0.2) is 81.9 Å². The van der Waals surface area contributed by atoms with E-state index >= 15 is 0 Å². The van der Waals surface area contributed by atoms with Crippen molar-refractivity contribution in [3.05, 3.63) is 86.0 Å². The van der Waals surface area contributed by atoms with E-state index in [1.165, 1.54) is 39.3 Å². The first-order valence-corrected chi connectivity index (χ1v) is 16.4. The molecule has 0 bridgehead atoms. The molecule has 2 aromatic heterocycles. The lowest BCUT2D eigenvalue weighted by atomic mass is 9.94. The van der Waals surface area contributed by atoms with E-state index in [1.54, 1.807) is 6.33 Å². The summed E-state index contributed by atoms with van der Waals surface area (Å²) in [7, 11) is 0. The minimum atomic E-state index is -0.481. The van der Waals surface area contributed by atoms with E-state index in [-0.39, 0.29) is 0 Å². The molecule has 0 atom stereocenters. The molecule has 10 heteroatoms. The fraction of sp³-hybridized carbons (Fsp3) is 0.417. The van der Waals surface area contributed by atoms with Gasteiger partial charge in [0.2, 0.25) is 0 Å². The number of piperidine rings is 1. The molecule has 3 aliphatic heterocycles. The summed E-state index contributed by atoms with van der Waals surface area (Å²) in [5.41, 5.74) is 9.00. The molecule has 3 fully saturated rings. The van der Waals surface area contributed by atoms with Crippen LogP contribution in [0.5, 0.6) is 11.5 Å². The molecule has 9 nitrogen and oxygen atoms in total. The second kappa shape index (κ2) is 15.9. The van der Waals surface area contributed by atoms with Crippen molar-refractivity contribution in [2.24, 2.45) is 11.8 Å². The van der Waals surface area contributed by atoms with Crippen LogP contribution in [0.15, 0.2) is 86.0 Å². The molecule has 3 aliphatic rings. The van der Waals surface area contributed by atoms with Crippen molar-refractivity contribution in [3.63, 3.8) is 0 Å². The molecule has 4 aromatic rings. The van der Waals surface area contributed by atoms with Crippen LogP contribution in [-0.2, 0) is 0 Å². The van der Waals surface area contributed by atoms with Gasteiger partial charge in [0.25, 0.3) is 0 Å². The van der Waals surface area contributed by atoms with Crippen molar-refractivity contribution in [2.45, 2.75) is 32.7 Å². The Bertz CT molecular complexity index is 1560. The van der Waals surface area contributed by atoms with Crippen LogP contribution in [0.4, 0.5) is 10.2 Å². The van der Waals surface area contributed by atoms with Gasteiger partial charge in [0.15, 0.2) is 5.65 Å². The molecule has 0 unspecified atom stereocenters. The predicted molar refractivity (Wildman–Crippen MR) is 184 cm³/mol. The summed E-state index contributed by atoms with van der Waals surface area (Å²) in [4.78, 5) is 14.2. The second-order valence-corrected chi connectivity index (χ2v) is 12.0. The fourth-order valence-electron chi connectivity index (χ4n) is 6.25. The molecule has 244 valence electrons. The Balaban J connectivity index is 0.000000546. The van der Waals surface area contributed by atoms with Crippen molar-refractivity contribution in [1.82, 2.24) is 34.9 Å². The molecule has 5 heterocycles. The highest BCUT2D eigenvalue weighted by Crippen LogP contribution is 2.35. The Hall–Kier alpha value is -4.12. The van der Waals surface area contributed by atoms with Crippen molar-refractivity contribution in [1.29, 1.82) is 0 Å². The number of benzene rings is 2. The number of halogens is 1. The molecule has 46 heavy (non-hydrogen) atoms. The highest BCUT2D eigenvalue weighted by atomic mass is 19.1. The largest absolute Gasteiger partial charge is 0.457 e. The summed E-state index contributed by atoms with van der Waals surface area (Å²) in [6, 6.07) is 18.1. The predicted octanol–water partition coefficient (Wildman–Crippen LogP) is 6.34. The lowest BCUT2D eigenvalue weighted by molar-refractivity contribution is 0.0377. The maximum absolute atomic E-state index is 11.1. The second-order valence-electron chi connectivity index (χ2n) is 12.0. The molecule has 0 aliphatic carbocycles. The van der Waals surface area contributed by atoms with E-state index in [4.69, 9.17) is 15.6 Å². The molecule has 0 amide bonds. The van der Waals surface area contributed by atoms with Gasteiger partial charge in [-0.1, -0.05) is 45.2 Å². The first-order valence-electron chi connectivity index (χ1n) is 16.4. The third-order valence-corrected chi connectivity index (χ3v) is 8.68. The summed E-state index contributed by atoms with van der Waals surface area (Å²) >= 11 is 0. The lowest BCUT2D eigenvalue weighted by Crippen LogP contribution is -2.57. The summed E-state index contributed by atoms with van der Waals surface area (Å²) < 4.78 is 19.2. The molecule has 0 spiro atoms. The molecular formula is C36H47FN8O. The van der Waals surface area contributed by atoms with Crippen molar-refractivity contribution in [2.75, 3.05) is 58.1 Å². The normalized spacial score (nSPS) is 17.5. The van der Waals surface area contributed by atoms with Gasteiger partial charge in [-0.25, -0.2) is 19.0 Å². The third-order valence-electron chi connectivity index (χ3n) is 8.68. The van der Waals surface area contributed by atoms with E-state index in [0.717, 1.165) is 77.6 Å². The monoisotopic (exact) mass is 626 g/mol. The quantitative estimate of drug-likeness (QED) is 0.208. The Morgan fingerprint density at radius 2 is 1.59 bits per heavy atom. The zero-order chi connectivity index (χ0) is 32.5. The van der Waals surface area contributed by atoms with Gasteiger partial charge in [0, 0.05) is 57.9 Å². The van der Waals surface area contributed by atoms with E-state index in [1.807, 2.05) is 68.4 Å².